The van der Waals surface area contributed by atoms with Gasteiger partial charge in [0.25, 0.3) is 0 Å². The van der Waals surface area contributed by atoms with Crippen LogP contribution in [0.25, 0.3) is 22.2 Å². The number of amides is 1. The Bertz CT molecular complexity index is 1080. The highest BCUT2D eigenvalue weighted by Crippen LogP contribution is 2.34. The van der Waals surface area contributed by atoms with E-state index in [1.165, 1.54) is 11.8 Å². The number of carboxylic acids is 1. The van der Waals surface area contributed by atoms with Crippen LogP contribution in [0.4, 0.5) is 0 Å². The predicted molar refractivity (Wildman–Crippen MR) is 112 cm³/mol. The highest BCUT2D eigenvalue weighted by atomic mass is 16.5. The van der Waals surface area contributed by atoms with Gasteiger partial charge in [0.2, 0.25) is 5.91 Å². The van der Waals surface area contributed by atoms with Crippen molar-refractivity contribution in [3.63, 3.8) is 0 Å². The summed E-state index contributed by atoms with van der Waals surface area (Å²) in [5, 5.41) is 10.3. The van der Waals surface area contributed by atoms with E-state index in [1.807, 2.05) is 54.6 Å². The summed E-state index contributed by atoms with van der Waals surface area (Å²) in [6.07, 6.45) is -0.193. The lowest BCUT2D eigenvalue weighted by Crippen LogP contribution is -2.39. The van der Waals surface area contributed by atoms with Crippen LogP contribution in [0, 0.1) is 0 Å². The minimum Gasteiger partial charge on any atom is -0.497 e. The molecule has 1 N–H and O–H groups in total. The number of methoxy groups -OCH3 is 1. The first kappa shape index (κ1) is 19.7. The third-order valence-electron chi connectivity index (χ3n) is 5.29. The molecule has 0 aliphatic carbocycles. The third-order valence-corrected chi connectivity index (χ3v) is 5.29. The van der Waals surface area contributed by atoms with Gasteiger partial charge < -0.3 is 19.5 Å². The van der Waals surface area contributed by atoms with Crippen LogP contribution in [0.5, 0.6) is 11.5 Å². The van der Waals surface area contributed by atoms with Gasteiger partial charge in [0.1, 0.15) is 23.6 Å². The summed E-state index contributed by atoms with van der Waals surface area (Å²) in [5.74, 6) is -0.0184. The van der Waals surface area contributed by atoms with E-state index >= 15 is 0 Å². The molecule has 1 aromatic heterocycles. The van der Waals surface area contributed by atoms with Crippen LogP contribution in [0.1, 0.15) is 13.3 Å². The van der Waals surface area contributed by atoms with Crippen molar-refractivity contribution >= 4 is 22.8 Å². The Morgan fingerprint density at radius 3 is 2.53 bits per heavy atom. The van der Waals surface area contributed by atoms with Crippen LogP contribution < -0.4 is 9.47 Å². The molecule has 1 aliphatic rings. The number of carboxylic acid groups (broad SMARTS) is 1. The van der Waals surface area contributed by atoms with Gasteiger partial charge in [-0.25, -0.2) is 9.78 Å². The molecular weight excluding hydrogens is 384 g/mol. The van der Waals surface area contributed by atoms with Crippen LogP contribution in [0.15, 0.2) is 54.6 Å². The third kappa shape index (κ3) is 3.78. The molecule has 3 aromatic rings. The van der Waals surface area contributed by atoms with E-state index in [-0.39, 0.29) is 18.9 Å². The fourth-order valence-electron chi connectivity index (χ4n) is 3.80. The van der Waals surface area contributed by atoms with Gasteiger partial charge in [-0.15, -0.1) is 0 Å². The number of benzene rings is 2. The fourth-order valence-corrected chi connectivity index (χ4v) is 3.80. The van der Waals surface area contributed by atoms with Crippen LogP contribution >= 0.6 is 0 Å². The number of fused-ring (bicyclic) bond motifs is 1. The molecule has 1 aliphatic heterocycles. The summed E-state index contributed by atoms with van der Waals surface area (Å²) in [4.78, 5) is 29.5. The van der Waals surface area contributed by atoms with Gasteiger partial charge in [-0.05, 0) is 12.1 Å². The summed E-state index contributed by atoms with van der Waals surface area (Å²) >= 11 is 0. The van der Waals surface area contributed by atoms with Crippen molar-refractivity contribution in [1.29, 1.82) is 0 Å². The number of rotatable bonds is 5. The lowest BCUT2D eigenvalue weighted by molar-refractivity contribution is -0.147. The molecule has 1 amide bonds. The maximum absolute atomic E-state index is 11.9. The maximum Gasteiger partial charge on any atom is 0.326 e. The quantitative estimate of drug-likeness (QED) is 0.699. The first-order valence-corrected chi connectivity index (χ1v) is 9.67. The largest absolute Gasteiger partial charge is 0.497 e. The Labute approximate surface area is 173 Å². The predicted octanol–water partition coefficient (Wildman–Crippen LogP) is 3.36. The summed E-state index contributed by atoms with van der Waals surface area (Å²) in [7, 11) is 1.60. The van der Waals surface area contributed by atoms with Crippen molar-refractivity contribution < 1.29 is 24.2 Å². The minimum atomic E-state index is -1.02. The molecule has 0 spiro atoms. The number of carbonyl (C=O) groups excluding carboxylic acids is 1. The van der Waals surface area contributed by atoms with Gasteiger partial charge in [-0.3, -0.25) is 4.79 Å². The SMILES string of the molecule is COc1ccc2c(OC3C[C@@H](C(=O)O)N(C(C)=O)C3)cc(-c3ccccc3)nc2c1. The molecule has 30 heavy (non-hydrogen) atoms. The van der Waals surface area contributed by atoms with Gasteiger partial charge in [0.05, 0.1) is 24.9 Å². The molecule has 7 heteroatoms. The fraction of sp³-hybridized carbons (Fsp3) is 0.261. The molecule has 1 unspecified atom stereocenters. The molecule has 1 saturated heterocycles. The van der Waals surface area contributed by atoms with Gasteiger partial charge in [0.15, 0.2) is 0 Å². The van der Waals surface area contributed by atoms with Crippen molar-refractivity contribution in [1.82, 2.24) is 9.88 Å². The Balaban J connectivity index is 1.74. The second-order valence-corrected chi connectivity index (χ2v) is 7.26. The van der Waals surface area contributed by atoms with Crippen molar-refractivity contribution in [2.75, 3.05) is 13.7 Å². The lowest BCUT2D eigenvalue weighted by Gasteiger charge is -2.19. The number of hydrogen-bond donors (Lipinski definition) is 1. The first-order chi connectivity index (χ1) is 14.5. The summed E-state index contributed by atoms with van der Waals surface area (Å²) in [6.45, 7) is 1.60. The van der Waals surface area contributed by atoms with E-state index < -0.39 is 18.1 Å². The van der Waals surface area contributed by atoms with E-state index in [0.717, 1.165) is 16.6 Å². The highest BCUT2D eigenvalue weighted by molar-refractivity contribution is 5.89. The number of pyridine rings is 1. The van der Waals surface area contributed by atoms with Gasteiger partial charge in [0, 0.05) is 36.4 Å². The van der Waals surface area contributed by atoms with Gasteiger partial charge in [-0.1, -0.05) is 30.3 Å². The second-order valence-electron chi connectivity index (χ2n) is 7.26. The summed E-state index contributed by atoms with van der Waals surface area (Å²) < 4.78 is 11.6. The smallest absolute Gasteiger partial charge is 0.326 e. The van der Waals surface area contributed by atoms with Crippen LogP contribution in [-0.2, 0) is 9.59 Å². The van der Waals surface area contributed by atoms with Crippen molar-refractivity contribution in [2.45, 2.75) is 25.5 Å². The first-order valence-electron chi connectivity index (χ1n) is 9.67. The number of aliphatic carboxylic acids is 1. The van der Waals surface area contributed by atoms with Gasteiger partial charge in [-0.2, -0.15) is 0 Å². The average Bonchev–Trinajstić information content (AvgIpc) is 3.18. The molecule has 0 saturated carbocycles. The highest BCUT2D eigenvalue weighted by Gasteiger charge is 2.39. The Morgan fingerprint density at radius 1 is 1.13 bits per heavy atom. The van der Waals surface area contributed by atoms with Crippen molar-refractivity contribution in [3.8, 4) is 22.8 Å². The number of aromatic nitrogens is 1. The van der Waals surface area contributed by atoms with Crippen molar-refractivity contribution in [3.05, 3.63) is 54.6 Å². The molecule has 0 radical (unpaired) electrons. The van der Waals surface area contributed by atoms with E-state index in [9.17, 15) is 14.7 Å². The summed E-state index contributed by atoms with van der Waals surface area (Å²) in [6, 6.07) is 16.3. The maximum atomic E-state index is 11.9. The molecule has 0 bridgehead atoms. The van der Waals surface area contributed by atoms with E-state index in [0.29, 0.717) is 17.0 Å². The standard InChI is InChI=1S/C23H22N2O5/c1-14(26)25-13-17(11-21(25)23(27)28)30-22-12-19(15-6-4-3-5-7-15)24-20-10-16(29-2)8-9-18(20)22/h3-10,12,17,21H,11,13H2,1-2H3,(H,27,28)/t17?,21-/m0/s1. The monoisotopic (exact) mass is 406 g/mol. The van der Waals surface area contributed by atoms with Crippen LogP contribution in [-0.4, -0.2) is 52.7 Å². The molecule has 2 aromatic carbocycles. The molecule has 2 atom stereocenters. The topological polar surface area (TPSA) is 89.0 Å². The zero-order valence-corrected chi connectivity index (χ0v) is 16.7. The molecule has 154 valence electrons. The Kier molecular flexibility index (Phi) is 5.27. The molecule has 4 rings (SSSR count). The summed E-state index contributed by atoms with van der Waals surface area (Å²) in [5.41, 5.74) is 2.39. The van der Waals surface area contributed by atoms with Gasteiger partial charge >= 0.3 is 5.97 Å². The zero-order chi connectivity index (χ0) is 21.3. The van der Waals surface area contributed by atoms with Crippen LogP contribution in [0.3, 0.4) is 0 Å². The zero-order valence-electron chi connectivity index (χ0n) is 16.7. The number of carbonyl (C=O) groups is 2. The number of hydrogen-bond acceptors (Lipinski definition) is 5. The molecule has 2 heterocycles. The minimum absolute atomic E-state index is 0.229. The molecule has 1 fully saturated rings. The normalized spacial score (nSPS) is 18.4. The lowest BCUT2D eigenvalue weighted by atomic mass is 10.1. The van der Waals surface area contributed by atoms with Crippen LogP contribution in [0.2, 0.25) is 0 Å². The van der Waals surface area contributed by atoms with E-state index in [1.54, 1.807) is 7.11 Å². The number of nitrogens with zero attached hydrogens (tertiary/aromatic N) is 2. The number of likely N-dealkylation sites (tertiary alicyclic amines) is 1. The molecular formula is C23H22N2O5. The number of ether oxygens (including phenoxy) is 2. The average molecular weight is 406 g/mol. The molecule has 7 nitrogen and oxygen atoms in total. The Hall–Kier alpha value is -3.61. The van der Waals surface area contributed by atoms with E-state index in [2.05, 4.69) is 0 Å². The Morgan fingerprint density at radius 2 is 1.90 bits per heavy atom. The van der Waals surface area contributed by atoms with Crippen molar-refractivity contribution in [2.24, 2.45) is 0 Å². The second kappa shape index (κ2) is 8.02. The van der Waals surface area contributed by atoms with E-state index in [4.69, 9.17) is 14.5 Å².